The number of nitrogens with two attached hydrogens (primary N) is 1. The van der Waals surface area contributed by atoms with E-state index in [2.05, 4.69) is 15.3 Å². The Hall–Kier alpha value is -1.60. The van der Waals surface area contributed by atoms with Crippen LogP contribution in [0.5, 0.6) is 0 Å². The molecule has 1 aromatic rings. The molecule has 90 valence electrons. The first-order valence-corrected chi connectivity index (χ1v) is 4.89. The topological polar surface area (TPSA) is 113 Å². The molecule has 0 amide bonds. The van der Waals surface area contributed by atoms with Crippen molar-refractivity contribution in [3.63, 3.8) is 0 Å². The van der Waals surface area contributed by atoms with E-state index in [1.54, 1.807) is 0 Å². The second-order valence-electron chi connectivity index (χ2n) is 3.32. The summed E-state index contributed by atoms with van der Waals surface area (Å²) in [5.74, 6) is 0.327. The molecule has 7 nitrogen and oxygen atoms in total. The SMILES string of the molecule is COCC(O)CCNc1nc[nH]c(=O)c1N. The van der Waals surface area contributed by atoms with E-state index in [1.807, 2.05) is 0 Å². The zero-order valence-electron chi connectivity index (χ0n) is 9.06. The molecule has 7 heteroatoms. The standard InChI is InChI=1S/C9H16N4O3/c1-16-4-6(14)2-3-11-8-7(10)9(15)13-5-12-8/h5-6,14H,2-4,10H2,1H3,(H2,11,12,13,15). The fourth-order valence-corrected chi connectivity index (χ4v) is 1.18. The molecule has 0 aliphatic heterocycles. The smallest absolute Gasteiger partial charge is 0.276 e. The number of H-pyrrole nitrogens is 1. The third-order valence-electron chi connectivity index (χ3n) is 2.02. The maximum Gasteiger partial charge on any atom is 0.276 e. The fourth-order valence-electron chi connectivity index (χ4n) is 1.18. The number of aromatic amines is 1. The molecule has 16 heavy (non-hydrogen) atoms. The summed E-state index contributed by atoms with van der Waals surface area (Å²) < 4.78 is 4.78. The molecule has 0 aliphatic rings. The lowest BCUT2D eigenvalue weighted by molar-refractivity contribution is 0.0615. The Kier molecular flexibility index (Phi) is 4.74. The van der Waals surface area contributed by atoms with Crippen molar-refractivity contribution in [3.05, 3.63) is 16.7 Å². The molecular weight excluding hydrogens is 212 g/mol. The minimum atomic E-state index is -0.541. The van der Waals surface area contributed by atoms with Crippen molar-refractivity contribution in [2.24, 2.45) is 0 Å². The van der Waals surface area contributed by atoms with Crippen LogP contribution in [-0.4, -0.2) is 41.4 Å². The Morgan fingerprint density at radius 3 is 3.19 bits per heavy atom. The Morgan fingerprint density at radius 2 is 2.50 bits per heavy atom. The van der Waals surface area contributed by atoms with Crippen molar-refractivity contribution < 1.29 is 9.84 Å². The van der Waals surface area contributed by atoms with Crippen molar-refractivity contribution in [1.82, 2.24) is 9.97 Å². The second-order valence-corrected chi connectivity index (χ2v) is 3.32. The van der Waals surface area contributed by atoms with Gasteiger partial charge in [0.15, 0.2) is 5.82 Å². The average Bonchev–Trinajstić information content (AvgIpc) is 2.25. The molecule has 1 rings (SSSR count). The highest BCUT2D eigenvalue weighted by molar-refractivity contribution is 5.58. The Balaban J connectivity index is 2.43. The van der Waals surface area contributed by atoms with Crippen LogP contribution in [0.15, 0.2) is 11.1 Å². The number of nitrogen functional groups attached to an aromatic ring is 1. The van der Waals surface area contributed by atoms with Crippen LogP contribution in [0.25, 0.3) is 0 Å². The molecule has 0 radical (unpaired) electrons. The second kappa shape index (κ2) is 6.09. The number of rotatable bonds is 6. The number of aromatic nitrogens is 2. The first-order valence-electron chi connectivity index (χ1n) is 4.89. The van der Waals surface area contributed by atoms with E-state index in [9.17, 15) is 9.90 Å². The summed E-state index contributed by atoms with van der Waals surface area (Å²) in [5, 5.41) is 12.2. The molecule has 0 fully saturated rings. The summed E-state index contributed by atoms with van der Waals surface area (Å²) in [6, 6.07) is 0. The molecule has 0 saturated heterocycles. The Morgan fingerprint density at radius 1 is 1.75 bits per heavy atom. The van der Waals surface area contributed by atoms with E-state index in [1.165, 1.54) is 13.4 Å². The van der Waals surface area contributed by atoms with Crippen molar-refractivity contribution in [2.75, 3.05) is 31.3 Å². The first kappa shape index (κ1) is 12.5. The molecule has 0 saturated carbocycles. The van der Waals surface area contributed by atoms with Crippen molar-refractivity contribution in [2.45, 2.75) is 12.5 Å². The number of hydrogen-bond acceptors (Lipinski definition) is 6. The van der Waals surface area contributed by atoms with Gasteiger partial charge >= 0.3 is 0 Å². The zero-order chi connectivity index (χ0) is 12.0. The van der Waals surface area contributed by atoms with E-state index >= 15 is 0 Å². The monoisotopic (exact) mass is 228 g/mol. The predicted molar refractivity (Wildman–Crippen MR) is 60.3 cm³/mol. The molecule has 0 aromatic carbocycles. The van der Waals surface area contributed by atoms with Gasteiger partial charge in [-0.05, 0) is 6.42 Å². The van der Waals surface area contributed by atoms with Crippen molar-refractivity contribution in [3.8, 4) is 0 Å². The van der Waals surface area contributed by atoms with Gasteiger partial charge in [-0.1, -0.05) is 0 Å². The minimum absolute atomic E-state index is 0.0451. The largest absolute Gasteiger partial charge is 0.391 e. The van der Waals surface area contributed by atoms with Gasteiger partial charge in [0.2, 0.25) is 0 Å². The molecule has 0 spiro atoms. The normalized spacial score (nSPS) is 12.4. The molecular formula is C9H16N4O3. The highest BCUT2D eigenvalue weighted by Gasteiger charge is 2.06. The molecule has 1 heterocycles. The highest BCUT2D eigenvalue weighted by atomic mass is 16.5. The summed E-state index contributed by atoms with van der Waals surface area (Å²) in [5.41, 5.74) is 5.17. The average molecular weight is 228 g/mol. The van der Waals surface area contributed by atoms with Crippen LogP contribution in [0.4, 0.5) is 11.5 Å². The summed E-state index contributed by atoms with van der Waals surface area (Å²) >= 11 is 0. The van der Waals surface area contributed by atoms with Gasteiger partial charge in [0, 0.05) is 13.7 Å². The van der Waals surface area contributed by atoms with Gasteiger partial charge in [0.05, 0.1) is 19.0 Å². The van der Waals surface area contributed by atoms with Crippen LogP contribution in [0.1, 0.15) is 6.42 Å². The Bertz CT molecular complexity index is 379. The number of hydrogen-bond donors (Lipinski definition) is 4. The molecule has 5 N–H and O–H groups in total. The zero-order valence-corrected chi connectivity index (χ0v) is 9.06. The van der Waals surface area contributed by atoms with E-state index in [4.69, 9.17) is 10.5 Å². The third kappa shape index (κ3) is 3.52. The first-order chi connectivity index (χ1) is 7.65. The molecule has 0 aliphatic carbocycles. The van der Waals surface area contributed by atoms with Gasteiger partial charge in [-0.15, -0.1) is 0 Å². The number of aliphatic hydroxyl groups excluding tert-OH is 1. The minimum Gasteiger partial charge on any atom is -0.391 e. The lowest BCUT2D eigenvalue weighted by Gasteiger charge is -2.10. The van der Waals surface area contributed by atoms with E-state index in [-0.39, 0.29) is 17.9 Å². The fraction of sp³-hybridized carbons (Fsp3) is 0.556. The van der Waals surface area contributed by atoms with Crippen LogP contribution in [0.3, 0.4) is 0 Å². The van der Waals surface area contributed by atoms with Gasteiger partial charge in [-0.25, -0.2) is 4.98 Å². The summed E-state index contributed by atoms with van der Waals surface area (Å²) in [6.07, 6.45) is 1.22. The molecule has 1 atom stereocenters. The summed E-state index contributed by atoms with van der Waals surface area (Å²) in [6.45, 7) is 0.741. The number of nitrogens with one attached hydrogen (secondary N) is 2. The quantitative estimate of drug-likeness (QED) is 0.505. The van der Waals surface area contributed by atoms with Gasteiger partial charge in [0.1, 0.15) is 5.69 Å². The summed E-state index contributed by atoms with van der Waals surface area (Å²) in [4.78, 5) is 17.3. The van der Waals surface area contributed by atoms with Gasteiger partial charge < -0.3 is 25.9 Å². The number of ether oxygens (including phenoxy) is 1. The van der Waals surface area contributed by atoms with Gasteiger partial charge in [-0.3, -0.25) is 4.79 Å². The van der Waals surface area contributed by atoms with E-state index in [0.717, 1.165) is 0 Å². The van der Waals surface area contributed by atoms with Crippen LogP contribution in [0, 0.1) is 0 Å². The Labute approximate surface area is 92.7 Å². The number of nitrogens with zero attached hydrogens (tertiary/aromatic N) is 1. The maximum atomic E-state index is 11.1. The third-order valence-corrected chi connectivity index (χ3v) is 2.02. The van der Waals surface area contributed by atoms with Crippen LogP contribution < -0.4 is 16.6 Å². The summed E-state index contributed by atoms with van der Waals surface area (Å²) in [7, 11) is 1.52. The maximum absolute atomic E-state index is 11.1. The van der Waals surface area contributed by atoms with Crippen molar-refractivity contribution >= 4 is 11.5 Å². The highest BCUT2D eigenvalue weighted by Crippen LogP contribution is 2.07. The van der Waals surface area contributed by atoms with Crippen LogP contribution in [0.2, 0.25) is 0 Å². The van der Waals surface area contributed by atoms with Crippen LogP contribution in [-0.2, 0) is 4.74 Å². The number of methoxy groups -OCH3 is 1. The van der Waals surface area contributed by atoms with E-state index < -0.39 is 6.10 Å². The van der Waals surface area contributed by atoms with Gasteiger partial charge in [0.25, 0.3) is 5.56 Å². The molecule has 1 unspecified atom stereocenters. The lowest BCUT2D eigenvalue weighted by Crippen LogP contribution is -2.21. The molecule has 0 bridgehead atoms. The predicted octanol–water partition coefficient (Wildman–Crippen LogP) is -0.839. The van der Waals surface area contributed by atoms with Crippen molar-refractivity contribution in [1.29, 1.82) is 0 Å². The molecule has 1 aromatic heterocycles. The number of aliphatic hydroxyl groups is 1. The van der Waals surface area contributed by atoms with Gasteiger partial charge in [-0.2, -0.15) is 0 Å². The number of anilines is 2. The van der Waals surface area contributed by atoms with Crippen LogP contribution >= 0.6 is 0 Å². The lowest BCUT2D eigenvalue weighted by atomic mass is 10.2. The van der Waals surface area contributed by atoms with E-state index in [0.29, 0.717) is 18.8 Å².